The number of carbonyl (C=O) groups is 1. The van der Waals surface area contributed by atoms with Crippen molar-refractivity contribution in [1.29, 1.82) is 0 Å². The Balaban J connectivity index is 1.89. The van der Waals surface area contributed by atoms with E-state index >= 15 is 0 Å². The van der Waals surface area contributed by atoms with Crippen molar-refractivity contribution in [2.45, 2.75) is 4.90 Å². The zero-order valence-corrected chi connectivity index (χ0v) is 23.0. The van der Waals surface area contributed by atoms with Gasteiger partial charge in [-0.15, -0.1) is 11.8 Å². The predicted molar refractivity (Wildman–Crippen MR) is 149 cm³/mol. The van der Waals surface area contributed by atoms with Crippen LogP contribution in [0, 0.1) is 0 Å². The molecule has 0 aliphatic rings. The van der Waals surface area contributed by atoms with Crippen molar-refractivity contribution in [2.24, 2.45) is 5.16 Å². The highest BCUT2D eigenvalue weighted by Crippen LogP contribution is 2.35. The van der Waals surface area contributed by atoms with Gasteiger partial charge in [-0.05, 0) is 66.2 Å². The van der Waals surface area contributed by atoms with Crippen LogP contribution in [0.2, 0.25) is 5.02 Å². The largest absolute Gasteiger partial charge is 0.493 e. The first-order chi connectivity index (χ1) is 18.4. The minimum Gasteiger partial charge on any atom is -0.493 e. The minimum absolute atomic E-state index is 0.200. The summed E-state index contributed by atoms with van der Waals surface area (Å²) in [5.41, 5.74) is 1.52. The zero-order chi connectivity index (χ0) is 27.2. The Labute approximate surface area is 229 Å². The standard InChI is InChI=1S/C28H25ClN2O6S/c1-33-22-9-6-17(13-23(22)34-2)26(31-37-28(32)20-14-18(38-5)7-8-21(20)29)27-19-15-25(36-4)24(35-3)12-16(19)10-11-30-27/h6-15H,1-5H3. The van der Waals surface area contributed by atoms with Gasteiger partial charge in [-0.2, -0.15) is 0 Å². The summed E-state index contributed by atoms with van der Waals surface area (Å²) >= 11 is 7.77. The number of pyridine rings is 1. The molecule has 1 heterocycles. The highest BCUT2D eigenvalue weighted by atomic mass is 35.5. The van der Waals surface area contributed by atoms with E-state index in [4.69, 9.17) is 35.4 Å². The van der Waals surface area contributed by atoms with Crippen molar-refractivity contribution in [1.82, 2.24) is 4.98 Å². The van der Waals surface area contributed by atoms with Crippen LogP contribution in [0.25, 0.3) is 10.8 Å². The van der Waals surface area contributed by atoms with Crippen LogP contribution in [0.5, 0.6) is 23.0 Å². The monoisotopic (exact) mass is 552 g/mol. The van der Waals surface area contributed by atoms with E-state index in [0.29, 0.717) is 39.6 Å². The fourth-order valence-corrected chi connectivity index (χ4v) is 4.46. The van der Waals surface area contributed by atoms with Crippen LogP contribution in [-0.2, 0) is 4.84 Å². The number of thioether (sulfide) groups is 1. The minimum atomic E-state index is -0.705. The van der Waals surface area contributed by atoms with Crippen LogP contribution in [0.4, 0.5) is 0 Å². The SMILES string of the molecule is COc1ccc(C(=NOC(=O)c2cc(SC)ccc2Cl)c2nccc3cc(OC)c(OC)cc23)cc1OC. The fourth-order valence-electron chi connectivity index (χ4n) is 3.83. The molecule has 3 aromatic carbocycles. The van der Waals surface area contributed by atoms with E-state index in [1.165, 1.54) is 18.9 Å². The third-order valence-electron chi connectivity index (χ3n) is 5.76. The van der Waals surface area contributed by atoms with Gasteiger partial charge < -0.3 is 23.8 Å². The quantitative estimate of drug-likeness (QED) is 0.104. The van der Waals surface area contributed by atoms with E-state index in [9.17, 15) is 4.79 Å². The van der Waals surface area contributed by atoms with Gasteiger partial charge in [0.1, 0.15) is 11.4 Å². The summed E-state index contributed by atoms with van der Waals surface area (Å²) in [7, 11) is 6.20. The molecule has 0 saturated carbocycles. The molecule has 0 spiro atoms. The Hall–Kier alpha value is -3.95. The van der Waals surface area contributed by atoms with Gasteiger partial charge in [-0.1, -0.05) is 16.8 Å². The Morgan fingerprint density at radius 3 is 2.21 bits per heavy atom. The number of rotatable bonds is 9. The number of nitrogens with zero attached hydrogens (tertiary/aromatic N) is 2. The average Bonchev–Trinajstić information content (AvgIpc) is 2.96. The molecule has 0 saturated heterocycles. The molecule has 10 heteroatoms. The second kappa shape index (κ2) is 12.1. The molecule has 0 atom stereocenters. The lowest BCUT2D eigenvalue weighted by Gasteiger charge is -2.14. The zero-order valence-electron chi connectivity index (χ0n) is 21.4. The first-order valence-corrected chi connectivity index (χ1v) is 12.9. The molecule has 0 aliphatic heterocycles. The van der Waals surface area contributed by atoms with Gasteiger partial charge in [-0.3, -0.25) is 4.98 Å². The Bertz CT molecular complexity index is 1530. The number of aromatic nitrogens is 1. The van der Waals surface area contributed by atoms with Gasteiger partial charge in [0.25, 0.3) is 0 Å². The Morgan fingerprint density at radius 2 is 1.53 bits per heavy atom. The van der Waals surface area contributed by atoms with Crippen molar-refractivity contribution in [3.63, 3.8) is 0 Å². The van der Waals surface area contributed by atoms with E-state index in [1.54, 1.807) is 63.9 Å². The van der Waals surface area contributed by atoms with Gasteiger partial charge in [-0.25, -0.2) is 4.79 Å². The van der Waals surface area contributed by atoms with Crippen molar-refractivity contribution in [3.05, 3.63) is 82.6 Å². The van der Waals surface area contributed by atoms with Crippen molar-refractivity contribution >= 4 is 45.8 Å². The number of carbonyl (C=O) groups excluding carboxylic acids is 1. The topological polar surface area (TPSA) is 88.5 Å². The Kier molecular flexibility index (Phi) is 8.60. The molecule has 0 unspecified atom stereocenters. The first-order valence-electron chi connectivity index (χ1n) is 11.3. The number of ether oxygens (including phenoxy) is 4. The van der Waals surface area contributed by atoms with Gasteiger partial charge in [0.2, 0.25) is 0 Å². The van der Waals surface area contributed by atoms with E-state index in [2.05, 4.69) is 10.1 Å². The lowest BCUT2D eigenvalue weighted by atomic mass is 10.0. The summed E-state index contributed by atoms with van der Waals surface area (Å²) in [5, 5.41) is 6.07. The van der Waals surface area contributed by atoms with Crippen molar-refractivity contribution < 1.29 is 28.6 Å². The Morgan fingerprint density at radius 1 is 0.842 bits per heavy atom. The normalized spacial score (nSPS) is 11.3. The molecular weight excluding hydrogens is 528 g/mol. The van der Waals surface area contributed by atoms with Crippen molar-refractivity contribution in [3.8, 4) is 23.0 Å². The number of halogens is 1. The van der Waals surface area contributed by atoms with Crippen LogP contribution in [0.15, 0.2) is 70.8 Å². The lowest BCUT2D eigenvalue weighted by Crippen LogP contribution is -2.11. The number of oxime groups is 1. The molecule has 4 rings (SSSR count). The summed E-state index contributed by atoms with van der Waals surface area (Å²) in [6.07, 6.45) is 3.54. The summed E-state index contributed by atoms with van der Waals surface area (Å²) in [6.45, 7) is 0. The van der Waals surface area contributed by atoms with Crippen molar-refractivity contribution in [2.75, 3.05) is 34.7 Å². The molecule has 1 aromatic heterocycles. The molecule has 0 bridgehead atoms. The smallest absolute Gasteiger partial charge is 0.367 e. The van der Waals surface area contributed by atoms with Crippen LogP contribution in [0.3, 0.4) is 0 Å². The van der Waals surface area contributed by atoms with Gasteiger partial charge >= 0.3 is 5.97 Å². The summed E-state index contributed by atoms with van der Waals surface area (Å²) in [6, 6.07) is 15.8. The number of hydrogen-bond donors (Lipinski definition) is 0. The highest BCUT2D eigenvalue weighted by Gasteiger charge is 2.20. The molecule has 8 nitrogen and oxygen atoms in total. The third-order valence-corrected chi connectivity index (χ3v) is 6.82. The third kappa shape index (κ3) is 5.49. The number of fused-ring (bicyclic) bond motifs is 1. The number of methoxy groups -OCH3 is 4. The maximum absolute atomic E-state index is 13.0. The van der Waals surface area contributed by atoms with E-state index in [1.807, 2.05) is 24.5 Å². The molecule has 38 heavy (non-hydrogen) atoms. The van der Waals surface area contributed by atoms with Crippen LogP contribution >= 0.6 is 23.4 Å². The summed E-state index contributed by atoms with van der Waals surface area (Å²) < 4.78 is 21.8. The summed E-state index contributed by atoms with van der Waals surface area (Å²) in [5.74, 6) is 1.38. The summed E-state index contributed by atoms with van der Waals surface area (Å²) in [4.78, 5) is 23.9. The van der Waals surface area contributed by atoms with E-state index in [-0.39, 0.29) is 16.3 Å². The van der Waals surface area contributed by atoms with E-state index in [0.717, 1.165) is 10.3 Å². The van der Waals surface area contributed by atoms with Crippen LogP contribution in [-0.4, -0.2) is 51.4 Å². The number of hydrogen-bond acceptors (Lipinski definition) is 9. The fraction of sp³-hybridized carbons (Fsp3) is 0.179. The molecule has 0 fully saturated rings. The second-order valence-electron chi connectivity index (χ2n) is 7.82. The maximum atomic E-state index is 13.0. The van der Waals surface area contributed by atoms with Crippen LogP contribution < -0.4 is 18.9 Å². The highest BCUT2D eigenvalue weighted by molar-refractivity contribution is 7.98. The molecular formula is C28H25ClN2O6S. The first kappa shape index (κ1) is 27.1. The molecule has 4 aromatic rings. The number of benzene rings is 3. The van der Waals surface area contributed by atoms with Gasteiger partial charge in [0.05, 0.1) is 39.0 Å². The molecule has 0 radical (unpaired) electrons. The second-order valence-corrected chi connectivity index (χ2v) is 9.11. The van der Waals surface area contributed by atoms with Gasteiger partial charge in [0.15, 0.2) is 23.0 Å². The van der Waals surface area contributed by atoms with Crippen LogP contribution in [0.1, 0.15) is 21.6 Å². The molecule has 196 valence electrons. The molecule has 0 aliphatic carbocycles. The molecule has 0 N–H and O–H groups in total. The van der Waals surface area contributed by atoms with E-state index < -0.39 is 5.97 Å². The average molecular weight is 553 g/mol. The molecule has 0 amide bonds. The van der Waals surface area contributed by atoms with Gasteiger partial charge in [0, 0.05) is 22.0 Å². The lowest BCUT2D eigenvalue weighted by molar-refractivity contribution is 0.0517. The maximum Gasteiger partial charge on any atom is 0.367 e. The predicted octanol–water partition coefficient (Wildman–Crippen LogP) is 6.25.